The predicted molar refractivity (Wildman–Crippen MR) is 76.1 cm³/mol. The molecule has 7 heteroatoms. The minimum atomic E-state index is 0.0290. The van der Waals surface area contributed by atoms with Crippen molar-refractivity contribution in [3.05, 3.63) is 47.9 Å². The monoisotopic (exact) mass is 284 g/mol. The van der Waals surface area contributed by atoms with E-state index >= 15 is 0 Å². The number of benzene rings is 1. The Balaban J connectivity index is 1.67. The summed E-state index contributed by atoms with van der Waals surface area (Å²) < 4.78 is 5.27. The van der Waals surface area contributed by atoms with Gasteiger partial charge in [-0.25, -0.2) is 4.98 Å². The molecule has 0 aliphatic rings. The molecule has 3 aromatic rings. The third-order valence-electron chi connectivity index (χ3n) is 3.26. The Morgan fingerprint density at radius 3 is 2.95 bits per heavy atom. The molecule has 2 aromatic heterocycles. The van der Waals surface area contributed by atoms with Gasteiger partial charge in [-0.05, 0) is 19.4 Å². The van der Waals surface area contributed by atoms with Gasteiger partial charge in [-0.1, -0.05) is 29.4 Å². The predicted octanol–water partition coefficient (Wildman–Crippen LogP) is 2.01. The van der Waals surface area contributed by atoms with Crippen molar-refractivity contribution >= 4 is 0 Å². The SMILES string of the molecule is Cc1ccccc1-c1noc(CN[C@H](C)c2ncn[nH]2)n1. The summed E-state index contributed by atoms with van der Waals surface area (Å²) in [6.07, 6.45) is 1.48. The molecule has 1 atom stereocenters. The van der Waals surface area contributed by atoms with E-state index in [4.69, 9.17) is 4.52 Å². The fraction of sp³-hybridized carbons (Fsp3) is 0.286. The quantitative estimate of drug-likeness (QED) is 0.744. The minimum absolute atomic E-state index is 0.0290. The van der Waals surface area contributed by atoms with E-state index in [2.05, 4.69) is 30.6 Å². The Labute approximate surface area is 121 Å². The van der Waals surface area contributed by atoms with Crippen molar-refractivity contribution < 1.29 is 4.52 Å². The maximum absolute atomic E-state index is 5.27. The van der Waals surface area contributed by atoms with Crippen LogP contribution in [0.25, 0.3) is 11.4 Å². The van der Waals surface area contributed by atoms with Crippen LogP contribution in [0.4, 0.5) is 0 Å². The van der Waals surface area contributed by atoms with E-state index in [0.29, 0.717) is 18.3 Å². The van der Waals surface area contributed by atoms with Crippen LogP contribution in [0.5, 0.6) is 0 Å². The second kappa shape index (κ2) is 5.84. The average Bonchev–Trinajstić information content (AvgIpc) is 3.17. The summed E-state index contributed by atoms with van der Waals surface area (Å²) in [6.45, 7) is 4.48. The first-order valence-electron chi connectivity index (χ1n) is 6.71. The molecule has 0 amide bonds. The molecule has 0 bridgehead atoms. The Morgan fingerprint density at radius 2 is 2.19 bits per heavy atom. The number of aromatic amines is 1. The highest BCUT2D eigenvalue weighted by Gasteiger charge is 2.12. The lowest BCUT2D eigenvalue weighted by Gasteiger charge is -2.07. The molecule has 0 unspecified atom stereocenters. The lowest BCUT2D eigenvalue weighted by atomic mass is 10.1. The topological polar surface area (TPSA) is 92.5 Å². The van der Waals surface area contributed by atoms with Crippen LogP contribution >= 0.6 is 0 Å². The molecule has 0 saturated heterocycles. The summed E-state index contributed by atoms with van der Waals surface area (Å²) in [7, 11) is 0. The molecule has 2 N–H and O–H groups in total. The lowest BCUT2D eigenvalue weighted by molar-refractivity contribution is 0.359. The fourth-order valence-corrected chi connectivity index (χ4v) is 2.02. The molecule has 0 radical (unpaired) electrons. The highest BCUT2D eigenvalue weighted by Crippen LogP contribution is 2.19. The van der Waals surface area contributed by atoms with Gasteiger partial charge in [0.05, 0.1) is 12.6 Å². The van der Waals surface area contributed by atoms with Crippen LogP contribution in [0.3, 0.4) is 0 Å². The number of hydrogen-bond acceptors (Lipinski definition) is 6. The molecular formula is C14H16N6O. The highest BCUT2D eigenvalue weighted by molar-refractivity contribution is 5.58. The third-order valence-corrected chi connectivity index (χ3v) is 3.26. The number of hydrogen-bond donors (Lipinski definition) is 2. The van der Waals surface area contributed by atoms with Gasteiger partial charge in [0.15, 0.2) is 0 Å². The van der Waals surface area contributed by atoms with Crippen LogP contribution in [-0.2, 0) is 6.54 Å². The third kappa shape index (κ3) is 2.97. The molecule has 21 heavy (non-hydrogen) atoms. The number of aromatic nitrogens is 5. The smallest absolute Gasteiger partial charge is 0.240 e. The highest BCUT2D eigenvalue weighted by atomic mass is 16.5. The van der Waals surface area contributed by atoms with Crippen molar-refractivity contribution in [1.82, 2.24) is 30.6 Å². The molecule has 7 nitrogen and oxygen atoms in total. The van der Waals surface area contributed by atoms with Gasteiger partial charge in [0.2, 0.25) is 11.7 Å². The molecule has 1 aromatic carbocycles. The molecule has 0 spiro atoms. The van der Waals surface area contributed by atoms with E-state index in [1.807, 2.05) is 38.1 Å². The van der Waals surface area contributed by atoms with Gasteiger partial charge in [-0.2, -0.15) is 10.1 Å². The van der Waals surface area contributed by atoms with E-state index in [0.717, 1.165) is 17.0 Å². The summed E-state index contributed by atoms with van der Waals surface area (Å²) in [6, 6.07) is 7.98. The maximum Gasteiger partial charge on any atom is 0.240 e. The summed E-state index contributed by atoms with van der Waals surface area (Å²) in [5, 5.41) is 13.9. The number of nitrogens with zero attached hydrogens (tertiary/aromatic N) is 4. The van der Waals surface area contributed by atoms with E-state index in [9.17, 15) is 0 Å². The van der Waals surface area contributed by atoms with E-state index < -0.39 is 0 Å². The number of rotatable bonds is 5. The molecule has 0 aliphatic heterocycles. The van der Waals surface area contributed by atoms with E-state index in [1.54, 1.807) is 0 Å². The molecule has 0 fully saturated rings. The first-order chi connectivity index (χ1) is 10.2. The van der Waals surface area contributed by atoms with Crippen molar-refractivity contribution in [3.63, 3.8) is 0 Å². The van der Waals surface area contributed by atoms with Gasteiger partial charge in [0, 0.05) is 5.56 Å². The number of H-pyrrole nitrogens is 1. The summed E-state index contributed by atoms with van der Waals surface area (Å²) in [4.78, 5) is 8.51. The van der Waals surface area contributed by atoms with Crippen LogP contribution in [0.2, 0.25) is 0 Å². The van der Waals surface area contributed by atoms with Crippen LogP contribution in [-0.4, -0.2) is 25.3 Å². The first-order valence-corrected chi connectivity index (χ1v) is 6.71. The van der Waals surface area contributed by atoms with Gasteiger partial charge in [-0.3, -0.25) is 10.4 Å². The minimum Gasteiger partial charge on any atom is -0.338 e. The van der Waals surface area contributed by atoms with Gasteiger partial charge in [0.25, 0.3) is 0 Å². The molecule has 0 saturated carbocycles. The van der Waals surface area contributed by atoms with Gasteiger partial charge in [0.1, 0.15) is 12.2 Å². The van der Waals surface area contributed by atoms with Crippen molar-refractivity contribution in [1.29, 1.82) is 0 Å². The number of aryl methyl sites for hydroxylation is 1. The molecule has 0 aliphatic carbocycles. The van der Waals surface area contributed by atoms with Crippen molar-refractivity contribution in [2.45, 2.75) is 26.4 Å². The lowest BCUT2D eigenvalue weighted by Crippen LogP contribution is -2.19. The summed E-state index contributed by atoms with van der Waals surface area (Å²) in [5.74, 6) is 1.92. The zero-order valence-corrected chi connectivity index (χ0v) is 11.9. The second-order valence-electron chi connectivity index (χ2n) is 4.80. The Morgan fingerprint density at radius 1 is 1.33 bits per heavy atom. The van der Waals surface area contributed by atoms with Crippen molar-refractivity contribution in [2.24, 2.45) is 0 Å². The van der Waals surface area contributed by atoms with E-state index in [-0.39, 0.29) is 6.04 Å². The number of nitrogens with one attached hydrogen (secondary N) is 2. The van der Waals surface area contributed by atoms with Crippen LogP contribution in [0, 0.1) is 6.92 Å². The zero-order chi connectivity index (χ0) is 14.7. The van der Waals surface area contributed by atoms with Gasteiger partial charge < -0.3 is 4.52 Å². The Hall–Kier alpha value is -2.54. The fourth-order valence-electron chi connectivity index (χ4n) is 2.02. The average molecular weight is 284 g/mol. The van der Waals surface area contributed by atoms with Crippen molar-refractivity contribution in [2.75, 3.05) is 0 Å². The van der Waals surface area contributed by atoms with E-state index in [1.165, 1.54) is 6.33 Å². The van der Waals surface area contributed by atoms with Crippen LogP contribution in [0.15, 0.2) is 35.1 Å². The Kier molecular flexibility index (Phi) is 3.74. The molecule has 3 rings (SSSR count). The molecule has 2 heterocycles. The zero-order valence-electron chi connectivity index (χ0n) is 11.9. The van der Waals surface area contributed by atoms with Gasteiger partial charge in [-0.15, -0.1) is 0 Å². The normalized spacial score (nSPS) is 12.5. The van der Waals surface area contributed by atoms with Crippen molar-refractivity contribution in [3.8, 4) is 11.4 Å². The second-order valence-corrected chi connectivity index (χ2v) is 4.80. The Bertz CT molecular complexity index is 706. The first kappa shape index (κ1) is 13.4. The largest absolute Gasteiger partial charge is 0.338 e. The molecular weight excluding hydrogens is 268 g/mol. The summed E-state index contributed by atoms with van der Waals surface area (Å²) >= 11 is 0. The van der Waals surface area contributed by atoms with Crippen LogP contribution < -0.4 is 5.32 Å². The van der Waals surface area contributed by atoms with Gasteiger partial charge >= 0.3 is 0 Å². The maximum atomic E-state index is 5.27. The molecule has 108 valence electrons. The standard InChI is InChI=1S/C14H16N6O/c1-9-5-3-4-6-11(9)14-18-12(21-20-14)7-15-10(2)13-16-8-17-19-13/h3-6,8,10,15H,7H2,1-2H3,(H,16,17,19)/t10-/m1/s1. The van der Waals surface area contributed by atoms with Crippen LogP contribution in [0.1, 0.15) is 30.2 Å². The summed E-state index contributed by atoms with van der Waals surface area (Å²) in [5.41, 5.74) is 2.10.